The maximum absolute atomic E-state index is 13.4. The van der Waals surface area contributed by atoms with Crippen LogP contribution in [0.2, 0.25) is 5.02 Å². The quantitative estimate of drug-likeness (QED) is 0.393. The zero-order chi connectivity index (χ0) is 21.1. The number of halogens is 2. The van der Waals surface area contributed by atoms with Crippen LogP contribution in [-0.2, 0) is 4.79 Å². The van der Waals surface area contributed by atoms with Gasteiger partial charge >= 0.3 is 0 Å². The van der Waals surface area contributed by atoms with E-state index in [2.05, 4.69) is 0 Å². The molecule has 0 radical (unpaired) electrons. The predicted molar refractivity (Wildman–Crippen MR) is 120 cm³/mol. The van der Waals surface area contributed by atoms with Crippen molar-refractivity contribution in [2.75, 3.05) is 11.5 Å². The van der Waals surface area contributed by atoms with Crippen LogP contribution in [0.1, 0.15) is 26.3 Å². The summed E-state index contributed by atoms with van der Waals surface area (Å²) in [6.07, 6.45) is 1.75. The number of thiocarbonyl (C=S) groups is 1. The van der Waals surface area contributed by atoms with Crippen molar-refractivity contribution < 1.29 is 18.7 Å². The van der Waals surface area contributed by atoms with Gasteiger partial charge in [0.05, 0.1) is 28.3 Å². The molecule has 0 spiro atoms. The Kier molecular flexibility index (Phi) is 6.82. The standard InChI is InChI=1S/C21H19ClFNO3S2/c1-4-26-18-9-13(5-8-17(18)27-12(2)3)10-19-20(25)24(21(28)29-19)14-6-7-16(23)15(22)11-14/h5-12H,4H2,1-3H3/b19-10+. The molecule has 3 rings (SSSR count). The molecule has 1 amide bonds. The van der Waals surface area contributed by atoms with E-state index in [1.54, 1.807) is 6.08 Å². The van der Waals surface area contributed by atoms with Crippen molar-refractivity contribution in [2.24, 2.45) is 0 Å². The van der Waals surface area contributed by atoms with Gasteiger partial charge in [0.15, 0.2) is 15.8 Å². The number of anilines is 1. The zero-order valence-corrected chi connectivity index (χ0v) is 18.5. The number of hydrogen-bond acceptors (Lipinski definition) is 5. The van der Waals surface area contributed by atoms with E-state index < -0.39 is 5.82 Å². The van der Waals surface area contributed by atoms with Crippen molar-refractivity contribution in [1.29, 1.82) is 0 Å². The van der Waals surface area contributed by atoms with E-state index in [0.29, 0.717) is 33.0 Å². The first kappa shape index (κ1) is 21.6. The van der Waals surface area contributed by atoms with Crippen LogP contribution in [0.3, 0.4) is 0 Å². The van der Waals surface area contributed by atoms with Crippen LogP contribution in [0.4, 0.5) is 10.1 Å². The molecular weight excluding hydrogens is 433 g/mol. The van der Waals surface area contributed by atoms with Crippen molar-refractivity contribution in [1.82, 2.24) is 0 Å². The third-order valence-corrected chi connectivity index (χ3v) is 5.47. The number of hydrogen-bond donors (Lipinski definition) is 0. The van der Waals surface area contributed by atoms with E-state index in [9.17, 15) is 9.18 Å². The van der Waals surface area contributed by atoms with Gasteiger partial charge in [0.2, 0.25) is 0 Å². The fraction of sp³-hybridized carbons (Fsp3) is 0.238. The Morgan fingerprint density at radius 1 is 1.24 bits per heavy atom. The van der Waals surface area contributed by atoms with Gasteiger partial charge in [0, 0.05) is 0 Å². The number of thioether (sulfide) groups is 1. The van der Waals surface area contributed by atoms with Crippen LogP contribution in [-0.4, -0.2) is 22.9 Å². The Hall–Kier alpha value is -2.09. The van der Waals surface area contributed by atoms with Crippen LogP contribution in [0.15, 0.2) is 41.3 Å². The average molecular weight is 452 g/mol. The third kappa shape index (κ3) is 4.91. The summed E-state index contributed by atoms with van der Waals surface area (Å²) in [4.78, 5) is 14.7. The Labute approximate surface area is 183 Å². The van der Waals surface area contributed by atoms with Gasteiger partial charge in [-0.25, -0.2) is 4.39 Å². The molecule has 29 heavy (non-hydrogen) atoms. The number of nitrogens with zero attached hydrogens (tertiary/aromatic N) is 1. The highest BCUT2D eigenvalue weighted by Crippen LogP contribution is 2.38. The molecule has 0 unspecified atom stereocenters. The lowest BCUT2D eigenvalue weighted by molar-refractivity contribution is -0.113. The molecule has 0 bridgehead atoms. The Morgan fingerprint density at radius 3 is 2.66 bits per heavy atom. The van der Waals surface area contributed by atoms with Crippen molar-refractivity contribution in [2.45, 2.75) is 26.9 Å². The summed E-state index contributed by atoms with van der Waals surface area (Å²) in [5.74, 6) is 0.412. The minimum Gasteiger partial charge on any atom is -0.490 e. The first-order chi connectivity index (χ1) is 13.8. The molecule has 2 aromatic carbocycles. The van der Waals surface area contributed by atoms with Crippen molar-refractivity contribution >= 4 is 57.6 Å². The monoisotopic (exact) mass is 451 g/mol. The number of carbonyl (C=O) groups is 1. The van der Waals surface area contributed by atoms with Gasteiger partial charge in [-0.2, -0.15) is 0 Å². The summed E-state index contributed by atoms with van der Waals surface area (Å²) >= 11 is 12.4. The fourth-order valence-electron chi connectivity index (χ4n) is 2.70. The molecular formula is C21H19ClFNO3S2. The number of benzene rings is 2. The van der Waals surface area contributed by atoms with Gasteiger partial charge in [-0.05, 0) is 62.7 Å². The SMILES string of the molecule is CCOc1cc(/C=C2/SC(=S)N(c3ccc(F)c(Cl)c3)C2=O)ccc1OC(C)C. The van der Waals surface area contributed by atoms with E-state index in [1.165, 1.54) is 34.9 Å². The van der Waals surface area contributed by atoms with Gasteiger partial charge in [-0.15, -0.1) is 0 Å². The van der Waals surface area contributed by atoms with Crippen LogP contribution in [0.25, 0.3) is 6.08 Å². The summed E-state index contributed by atoms with van der Waals surface area (Å²) in [6.45, 7) is 6.27. The third-order valence-electron chi connectivity index (χ3n) is 3.88. The van der Waals surface area contributed by atoms with Crippen molar-refractivity contribution in [3.63, 3.8) is 0 Å². The second-order valence-corrected chi connectivity index (χ2v) is 8.50. The lowest BCUT2D eigenvalue weighted by Crippen LogP contribution is -2.27. The lowest BCUT2D eigenvalue weighted by Gasteiger charge is -2.15. The van der Waals surface area contributed by atoms with Gasteiger partial charge in [0.25, 0.3) is 5.91 Å². The molecule has 0 N–H and O–H groups in total. The summed E-state index contributed by atoms with van der Waals surface area (Å²) in [7, 11) is 0. The Bertz CT molecular complexity index is 994. The topological polar surface area (TPSA) is 38.8 Å². The van der Waals surface area contributed by atoms with Gasteiger partial charge in [-0.3, -0.25) is 9.69 Å². The number of carbonyl (C=O) groups excluding carboxylic acids is 1. The van der Waals surface area contributed by atoms with E-state index in [0.717, 1.165) is 5.56 Å². The molecule has 152 valence electrons. The highest BCUT2D eigenvalue weighted by Gasteiger charge is 2.33. The molecule has 0 aliphatic carbocycles. The molecule has 0 atom stereocenters. The Balaban J connectivity index is 1.90. The molecule has 0 aromatic heterocycles. The first-order valence-corrected chi connectivity index (χ1v) is 10.6. The minimum absolute atomic E-state index is 0.0128. The van der Waals surface area contributed by atoms with Crippen LogP contribution >= 0.6 is 35.6 Å². The second kappa shape index (κ2) is 9.15. The predicted octanol–water partition coefficient (Wildman–Crippen LogP) is 6.07. The van der Waals surface area contributed by atoms with Crippen LogP contribution in [0, 0.1) is 5.82 Å². The molecule has 1 heterocycles. The molecule has 0 saturated carbocycles. The van der Waals surface area contributed by atoms with Crippen molar-refractivity contribution in [3.05, 3.63) is 57.7 Å². The molecule has 1 saturated heterocycles. The Morgan fingerprint density at radius 2 is 2.00 bits per heavy atom. The minimum atomic E-state index is -0.552. The average Bonchev–Trinajstić information content (AvgIpc) is 2.93. The van der Waals surface area contributed by atoms with E-state index in [4.69, 9.17) is 33.3 Å². The van der Waals surface area contributed by atoms with Crippen molar-refractivity contribution in [3.8, 4) is 11.5 Å². The first-order valence-electron chi connectivity index (χ1n) is 8.96. The van der Waals surface area contributed by atoms with Gasteiger partial charge < -0.3 is 9.47 Å². The van der Waals surface area contributed by atoms with Crippen LogP contribution < -0.4 is 14.4 Å². The zero-order valence-electron chi connectivity index (χ0n) is 16.1. The summed E-state index contributed by atoms with van der Waals surface area (Å²) in [5.41, 5.74) is 1.21. The molecule has 4 nitrogen and oxygen atoms in total. The summed E-state index contributed by atoms with van der Waals surface area (Å²) in [6, 6.07) is 9.55. The van der Waals surface area contributed by atoms with E-state index in [-0.39, 0.29) is 17.0 Å². The fourth-order valence-corrected chi connectivity index (χ4v) is 4.17. The largest absolute Gasteiger partial charge is 0.490 e. The molecule has 1 aliphatic rings. The maximum atomic E-state index is 13.4. The van der Waals surface area contributed by atoms with Crippen LogP contribution in [0.5, 0.6) is 11.5 Å². The van der Waals surface area contributed by atoms with E-state index >= 15 is 0 Å². The number of rotatable bonds is 6. The normalized spacial score (nSPS) is 15.5. The second-order valence-electron chi connectivity index (χ2n) is 6.42. The molecule has 1 aliphatic heterocycles. The van der Waals surface area contributed by atoms with E-state index in [1.807, 2.05) is 39.0 Å². The number of amides is 1. The maximum Gasteiger partial charge on any atom is 0.270 e. The molecule has 1 fully saturated rings. The molecule has 8 heteroatoms. The summed E-state index contributed by atoms with van der Waals surface area (Å²) < 4.78 is 25.2. The lowest BCUT2D eigenvalue weighted by atomic mass is 10.1. The highest BCUT2D eigenvalue weighted by atomic mass is 35.5. The molecule has 2 aromatic rings. The smallest absolute Gasteiger partial charge is 0.270 e. The number of ether oxygens (including phenoxy) is 2. The highest BCUT2D eigenvalue weighted by molar-refractivity contribution is 8.27. The summed E-state index contributed by atoms with van der Waals surface area (Å²) in [5, 5.41) is -0.0670. The van der Waals surface area contributed by atoms with Gasteiger partial charge in [-0.1, -0.05) is 41.6 Å². The van der Waals surface area contributed by atoms with Gasteiger partial charge in [0.1, 0.15) is 5.82 Å².